The zero-order valence-corrected chi connectivity index (χ0v) is 10.0. The van der Waals surface area contributed by atoms with Gasteiger partial charge in [-0.2, -0.15) is 0 Å². The summed E-state index contributed by atoms with van der Waals surface area (Å²) in [5.41, 5.74) is 0.646. The standard InChI is InChI=1S/C12H17N3O2/c1-2-5-15-10(7-13-14-15)12(16)9-6-8-3-4-11(9)17-8/h7-9,11H,2-6H2,1H3. The maximum absolute atomic E-state index is 12.4. The minimum Gasteiger partial charge on any atom is -0.374 e. The highest BCUT2D eigenvalue weighted by molar-refractivity contribution is 5.96. The van der Waals surface area contributed by atoms with Gasteiger partial charge in [0.1, 0.15) is 5.69 Å². The molecule has 0 aliphatic carbocycles. The number of hydrogen-bond acceptors (Lipinski definition) is 4. The van der Waals surface area contributed by atoms with Crippen LogP contribution in [-0.2, 0) is 11.3 Å². The normalized spacial score (nSPS) is 31.0. The number of ketones is 1. The highest BCUT2D eigenvalue weighted by Gasteiger charge is 2.45. The Morgan fingerprint density at radius 3 is 3.12 bits per heavy atom. The summed E-state index contributed by atoms with van der Waals surface area (Å²) in [5.74, 6) is 0.193. The van der Waals surface area contributed by atoms with Crippen LogP contribution in [0, 0.1) is 5.92 Å². The second kappa shape index (κ2) is 4.22. The van der Waals surface area contributed by atoms with E-state index in [4.69, 9.17) is 4.74 Å². The van der Waals surface area contributed by atoms with Crippen molar-refractivity contribution in [3.05, 3.63) is 11.9 Å². The quantitative estimate of drug-likeness (QED) is 0.741. The summed E-state index contributed by atoms with van der Waals surface area (Å²) in [4.78, 5) is 12.4. The first-order valence-electron chi connectivity index (χ1n) is 6.37. The summed E-state index contributed by atoms with van der Waals surface area (Å²) < 4.78 is 7.45. The predicted octanol–water partition coefficient (Wildman–Crippen LogP) is 1.44. The number of nitrogens with zero attached hydrogens (tertiary/aromatic N) is 3. The Hall–Kier alpha value is -1.23. The molecule has 2 aliphatic heterocycles. The van der Waals surface area contributed by atoms with Gasteiger partial charge in [-0.15, -0.1) is 5.10 Å². The first kappa shape index (κ1) is 10.9. The van der Waals surface area contributed by atoms with Gasteiger partial charge in [-0.1, -0.05) is 12.1 Å². The smallest absolute Gasteiger partial charge is 0.188 e. The van der Waals surface area contributed by atoms with Crippen LogP contribution in [0.4, 0.5) is 0 Å². The molecule has 3 heterocycles. The van der Waals surface area contributed by atoms with Gasteiger partial charge in [-0.05, 0) is 25.7 Å². The minimum absolute atomic E-state index is 0.0304. The molecule has 3 rings (SSSR count). The van der Waals surface area contributed by atoms with Crippen LogP contribution >= 0.6 is 0 Å². The summed E-state index contributed by atoms with van der Waals surface area (Å²) >= 11 is 0. The van der Waals surface area contributed by atoms with Gasteiger partial charge in [0.2, 0.25) is 0 Å². The molecule has 0 amide bonds. The van der Waals surface area contributed by atoms with Gasteiger partial charge in [0.05, 0.1) is 24.3 Å². The summed E-state index contributed by atoms with van der Waals surface area (Å²) in [6.07, 6.45) is 6.00. The molecule has 17 heavy (non-hydrogen) atoms. The molecule has 1 aromatic heterocycles. The Balaban J connectivity index is 1.79. The predicted molar refractivity (Wildman–Crippen MR) is 60.6 cm³/mol. The lowest BCUT2D eigenvalue weighted by atomic mass is 9.85. The molecule has 0 aromatic carbocycles. The number of aromatic nitrogens is 3. The molecule has 3 unspecified atom stereocenters. The van der Waals surface area contributed by atoms with E-state index in [1.807, 2.05) is 0 Å². The van der Waals surface area contributed by atoms with Crippen LogP contribution in [-0.4, -0.2) is 33.0 Å². The molecule has 2 bridgehead atoms. The van der Waals surface area contributed by atoms with Crippen molar-refractivity contribution < 1.29 is 9.53 Å². The average Bonchev–Trinajstić information content (AvgIpc) is 3.03. The molecule has 3 atom stereocenters. The molecule has 2 aliphatic rings. The summed E-state index contributed by atoms with van der Waals surface area (Å²) in [7, 11) is 0. The number of Topliss-reactive ketones (excluding diaryl/α,β-unsaturated/α-hetero) is 1. The molecular formula is C12H17N3O2. The number of hydrogen-bond donors (Lipinski definition) is 0. The number of carbonyl (C=O) groups excluding carboxylic acids is 1. The fourth-order valence-electron chi connectivity index (χ4n) is 2.93. The van der Waals surface area contributed by atoms with Crippen molar-refractivity contribution in [2.45, 2.75) is 51.4 Å². The maximum Gasteiger partial charge on any atom is 0.188 e. The van der Waals surface area contributed by atoms with Crippen LogP contribution in [0.1, 0.15) is 43.1 Å². The maximum atomic E-state index is 12.4. The molecule has 0 N–H and O–H groups in total. The van der Waals surface area contributed by atoms with E-state index >= 15 is 0 Å². The highest BCUT2D eigenvalue weighted by Crippen LogP contribution is 2.40. The summed E-state index contributed by atoms with van der Waals surface area (Å²) in [6, 6.07) is 0. The second-order valence-corrected chi connectivity index (χ2v) is 4.92. The van der Waals surface area contributed by atoms with Gasteiger partial charge in [-0.25, -0.2) is 4.68 Å². The van der Waals surface area contributed by atoms with Gasteiger partial charge in [0, 0.05) is 6.54 Å². The number of carbonyl (C=O) groups is 1. The van der Waals surface area contributed by atoms with Crippen molar-refractivity contribution in [1.29, 1.82) is 0 Å². The largest absolute Gasteiger partial charge is 0.374 e. The van der Waals surface area contributed by atoms with Crippen molar-refractivity contribution in [1.82, 2.24) is 15.0 Å². The van der Waals surface area contributed by atoms with Crippen LogP contribution in [0.2, 0.25) is 0 Å². The second-order valence-electron chi connectivity index (χ2n) is 4.92. The van der Waals surface area contributed by atoms with E-state index in [-0.39, 0.29) is 17.8 Å². The lowest BCUT2D eigenvalue weighted by Crippen LogP contribution is -2.27. The van der Waals surface area contributed by atoms with Crippen molar-refractivity contribution in [3.63, 3.8) is 0 Å². The van der Waals surface area contributed by atoms with Gasteiger partial charge in [-0.3, -0.25) is 4.79 Å². The zero-order valence-electron chi connectivity index (χ0n) is 10.0. The first-order chi connectivity index (χ1) is 8.29. The molecule has 5 nitrogen and oxygen atoms in total. The summed E-state index contributed by atoms with van der Waals surface area (Å²) in [5, 5.41) is 7.81. The monoisotopic (exact) mass is 235 g/mol. The van der Waals surface area contributed by atoms with Gasteiger partial charge in [0.25, 0.3) is 0 Å². The molecular weight excluding hydrogens is 218 g/mol. The number of aryl methyl sites for hydroxylation is 1. The minimum atomic E-state index is 0.0304. The molecule has 92 valence electrons. The Kier molecular flexibility index (Phi) is 2.70. The molecule has 0 spiro atoms. The Morgan fingerprint density at radius 1 is 1.59 bits per heavy atom. The van der Waals surface area contributed by atoms with Crippen molar-refractivity contribution in [3.8, 4) is 0 Å². The summed E-state index contributed by atoms with van der Waals surface area (Å²) in [6.45, 7) is 2.82. The van der Waals surface area contributed by atoms with E-state index in [2.05, 4.69) is 17.2 Å². The molecule has 0 saturated carbocycles. The topological polar surface area (TPSA) is 57.0 Å². The van der Waals surface area contributed by atoms with Crippen molar-refractivity contribution in [2.24, 2.45) is 5.92 Å². The third kappa shape index (κ3) is 1.78. The van der Waals surface area contributed by atoms with Crippen molar-refractivity contribution >= 4 is 5.78 Å². The van der Waals surface area contributed by atoms with Crippen LogP contribution in [0.3, 0.4) is 0 Å². The SMILES string of the molecule is CCCn1nncc1C(=O)C1CC2CCC1O2. The Labute approximate surface area is 100 Å². The third-order valence-electron chi connectivity index (χ3n) is 3.75. The Morgan fingerprint density at radius 2 is 2.47 bits per heavy atom. The van der Waals surface area contributed by atoms with E-state index in [1.54, 1.807) is 10.9 Å². The number of rotatable bonds is 4. The number of fused-ring (bicyclic) bond motifs is 2. The molecule has 0 radical (unpaired) electrons. The van der Waals surface area contributed by atoms with Gasteiger partial charge < -0.3 is 4.74 Å². The van der Waals surface area contributed by atoms with E-state index < -0.39 is 0 Å². The van der Waals surface area contributed by atoms with E-state index in [0.717, 1.165) is 32.2 Å². The molecule has 2 fully saturated rings. The fraction of sp³-hybridized carbons (Fsp3) is 0.750. The number of ether oxygens (including phenoxy) is 1. The lowest BCUT2D eigenvalue weighted by Gasteiger charge is -2.17. The van der Waals surface area contributed by atoms with Gasteiger partial charge in [0.15, 0.2) is 5.78 Å². The molecule has 2 saturated heterocycles. The van der Waals surface area contributed by atoms with Crippen LogP contribution in [0.25, 0.3) is 0 Å². The Bertz CT molecular complexity index is 429. The van der Waals surface area contributed by atoms with E-state index in [9.17, 15) is 4.79 Å². The van der Waals surface area contributed by atoms with Crippen LogP contribution < -0.4 is 0 Å². The van der Waals surface area contributed by atoms with Crippen LogP contribution in [0.15, 0.2) is 6.20 Å². The van der Waals surface area contributed by atoms with E-state index in [1.165, 1.54) is 0 Å². The van der Waals surface area contributed by atoms with E-state index in [0.29, 0.717) is 11.8 Å². The fourth-order valence-corrected chi connectivity index (χ4v) is 2.93. The van der Waals surface area contributed by atoms with Crippen LogP contribution in [0.5, 0.6) is 0 Å². The zero-order chi connectivity index (χ0) is 11.8. The molecule has 5 heteroatoms. The van der Waals surface area contributed by atoms with Crippen molar-refractivity contribution in [2.75, 3.05) is 0 Å². The van der Waals surface area contributed by atoms with Gasteiger partial charge >= 0.3 is 0 Å². The lowest BCUT2D eigenvalue weighted by molar-refractivity contribution is 0.0735. The average molecular weight is 235 g/mol. The molecule has 1 aromatic rings. The third-order valence-corrected chi connectivity index (χ3v) is 3.75. The first-order valence-corrected chi connectivity index (χ1v) is 6.37. The highest BCUT2D eigenvalue weighted by atomic mass is 16.5.